The van der Waals surface area contributed by atoms with Crippen molar-refractivity contribution in [1.29, 1.82) is 0 Å². The van der Waals surface area contributed by atoms with Crippen LogP contribution in [0.2, 0.25) is 0 Å². The predicted molar refractivity (Wildman–Crippen MR) is 87.1 cm³/mol. The Kier molecular flexibility index (Phi) is 3.98. The van der Waals surface area contributed by atoms with E-state index in [0.29, 0.717) is 5.33 Å². The molecule has 0 unspecified atom stereocenters. The molecule has 0 bridgehead atoms. The van der Waals surface area contributed by atoms with Crippen molar-refractivity contribution in [2.45, 2.75) is 5.33 Å². The fraction of sp³-hybridized carbons (Fsp3) is 0.0667. The molecule has 0 aliphatic rings. The van der Waals surface area contributed by atoms with E-state index in [1.807, 2.05) is 42.5 Å². The summed E-state index contributed by atoms with van der Waals surface area (Å²) in [6, 6.07) is 18.2. The van der Waals surface area contributed by atoms with Gasteiger partial charge in [0.25, 0.3) is 0 Å². The van der Waals surface area contributed by atoms with Crippen LogP contribution in [0.3, 0.4) is 0 Å². The second-order valence-corrected chi connectivity index (χ2v) is 5.73. The number of hydrogen-bond donors (Lipinski definition) is 0. The Bertz CT molecular complexity index is 723. The smallest absolute Gasteiger partial charge is 0.168 e. The van der Waals surface area contributed by atoms with E-state index in [-0.39, 0.29) is 0 Å². The molecular weight excluding hydrogens is 382 g/mol. The van der Waals surface area contributed by atoms with Gasteiger partial charge in [-0.15, -0.1) is 10.2 Å². The van der Waals surface area contributed by atoms with Crippen LogP contribution in [0.1, 0.15) is 5.82 Å². The van der Waals surface area contributed by atoms with Crippen LogP contribution in [0, 0.1) is 0 Å². The molecule has 0 saturated carbocycles. The molecule has 100 valence electrons. The zero-order chi connectivity index (χ0) is 13.9. The standard InChI is InChI=1S/C15H11Br2N3/c16-10-14-18-19-15(11-5-4-6-12(17)9-11)20(14)13-7-2-1-3-8-13/h1-9H,10H2. The lowest BCUT2D eigenvalue weighted by molar-refractivity contribution is 0.962. The summed E-state index contributed by atoms with van der Waals surface area (Å²) in [6.45, 7) is 0. The Balaban J connectivity index is 2.20. The fourth-order valence-corrected chi connectivity index (χ4v) is 2.83. The van der Waals surface area contributed by atoms with E-state index in [1.54, 1.807) is 0 Å². The van der Waals surface area contributed by atoms with Crippen LogP contribution in [-0.4, -0.2) is 14.8 Å². The highest BCUT2D eigenvalue weighted by Gasteiger charge is 2.14. The van der Waals surface area contributed by atoms with Crippen LogP contribution < -0.4 is 0 Å². The number of benzene rings is 2. The molecule has 5 heteroatoms. The van der Waals surface area contributed by atoms with Gasteiger partial charge in [-0.1, -0.05) is 62.2 Å². The predicted octanol–water partition coefficient (Wildman–Crippen LogP) is 4.59. The van der Waals surface area contributed by atoms with E-state index in [1.165, 1.54) is 0 Å². The number of rotatable bonds is 3. The summed E-state index contributed by atoms with van der Waals surface area (Å²) in [6.07, 6.45) is 0. The monoisotopic (exact) mass is 391 g/mol. The van der Waals surface area contributed by atoms with Gasteiger partial charge in [-0.25, -0.2) is 0 Å². The molecule has 0 amide bonds. The Labute approximate surface area is 133 Å². The minimum Gasteiger partial charge on any atom is -0.278 e. The number of nitrogens with zero attached hydrogens (tertiary/aromatic N) is 3. The molecule has 0 saturated heterocycles. The van der Waals surface area contributed by atoms with Gasteiger partial charge < -0.3 is 0 Å². The summed E-state index contributed by atoms with van der Waals surface area (Å²) in [5.41, 5.74) is 2.09. The maximum Gasteiger partial charge on any atom is 0.168 e. The zero-order valence-corrected chi connectivity index (χ0v) is 13.7. The van der Waals surface area contributed by atoms with Crippen molar-refractivity contribution >= 4 is 31.9 Å². The van der Waals surface area contributed by atoms with Gasteiger partial charge in [0, 0.05) is 15.7 Å². The van der Waals surface area contributed by atoms with Crippen LogP contribution in [0.15, 0.2) is 59.1 Å². The van der Waals surface area contributed by atoms with Crippen molar-refractivity contribution in [3.63, 3.8) is 0 Å². The van der Waals surface area contributed by atoms with Gasteiger partial charge >= 0.3 is 0 Å². The Morgan fingerprint density at radius 3 is 2.45 bits per heavy atom. The van der Waals surface area contributed by atoms with E-state index in [2.05, 4.69) is 58.8 Å². The number of alkyl halides is 1. The molecule has 0 aliphatic carbocycles. The van der Waals surface area contributed by atoms with E-state index >= 15 is 0 Å². The minimum absolute atomic E-state index is 0.656. The molecule has 3 nitrogen and oxygen atoms in total. The van der Waals surface area contributed by atoms with Crippen molar-refractivity contribution in [3.05, 3.63) is 64.9 Å². The highest BCUT2D eigenvalue weighted by Crippen LogP contribution is 2.25. The first kappa shape index (κ1) is 13.5. The number of hydrogen-bond acceptors (Lipinski definition) is 2. The molecule has 0 spiro atoms. The van der Waals surface area contributed by atoms with Gasteiger partial charge in [-0.2, -0.15) is 0 Å². The highest BCUT2D eigenvalue weighted by atomic mass is 79.9. The first-order valence-electron chi connectivity index (χ1n) is 6.11. The van der Waals surface area contributed by atoms with Gasteiger partial charge in [-0.3, -0.25) is 4.57 Å². The summed E-state index contributed by atoms with van der Waals surface area (Å²) in [5, 5.41) is 9.26. The quantitative estimate of drug-likeness (QED) is 0.610. The van der Waals surface area contributed by atoms with Crippen molar-refractivity contribution in [1.82, 2.24) is 14.8 Å². The molecule has 0 atom stereocenters. The first-order chi connectivity index (χ1) is 9.79. The number of halogens is 2. The average molecular weight is 393 g/mol. The van der Waals surface area contributed by atoms with Crippen LogP contribution in [0.4, 0.5) is 0 Å². The summed E-state index contributed by atoms with van der Waals surface area (Å²) >= 11 is 6.97. The number of aromatic nitrogens is 3. The molecule has 1 heterocycles. The Morgan fingerprint density at radius 1 is 0.950 bits per heavy atom. The SMILES string of the molecule is BrCc1nnc(-c2cccc(Br)c2)n1-c1ccccc1. The average Bonchev–Trinajstić information content (AvgIpc) is 2.92. The van der Waals surface area contributed by atoms with Gasteiger partial charge in [0.1, 0.15) is 5.82 Å². The third-order valence-corrected chi connectivity index (χ3v) is 3.94. The topological polar surface area (TPSA) is 30.7 Å². The van der Waals surface area contributed by atoms with Gasteiger partial charge in [0.2, 0.25) is 0 Å². The van der Waals surface area contributed by atoms with Crippen molar-refractivity contribution < 1.29 is 0 Å². The molecule has 1 aromatic heterocycles. The molecule has 2 aromatic carbocycles. The van der Waals surface area contributed by atoms with Crippen LogP contribution in [0.25, 0.3) is 17.1 Å². The molecule has 0 N–H and O–H groups in total. The Morgan fingerprint density at radius 2 is 1.75 bits per heavy atom. The molecule has 3 aromatic rings. The summed E-state index contributed by atoms with van der Waals surface area (Å²) in [4.78, 5) is 0. The molecule has 0 radical (unpaired) electrons. The van der Waals surface area contributed by atoms with E-state index in [9.17, 15) is 0 Å². The normalized spacial score (nSPS) is 10.7. The van der Waals surface area contributed by atoms with Crippen molar-refractivity contribution in [2.24, 2.45) is 0 Å². The molecule has 0 aliphatic heterocycles. The molecule has 0 fully saturated rings. The highest BCUT2D eigenvalue weighted by molar-refractivity contribution is 9.10. The third-order valence-electron chi connectivity index (χ3n) is 2.95. The molecule has 20 heavy (non-hydrogen) atoms. The maximum atomic E-state index is 4.34. The number of para-hydroxylation sites is 1. The van der Waals surface area contributed by atoms with Gasteiger partial charge in [0.15, 0.2) is 5.82 Å². The first-order valence-corrected chi connectivity index (χ1v) is 8.02. The van der Waals surface area contributed by atoms with Crippen LogP contribution in [-0.2, 0) is 5.33 Å². The van der Waals surface area contributed by atoms with Crippen LogP contribution in [0.5, 0.6) is 0 Å². The van der Waals surface area contributed by atoms with Gasteiger partial charge in [-0.05, 0) is 24.3 Å². The summed E-state index contributed by atoms with van der Waals surface area (Å²) < 4.78 is 3.09. The Hall–Kier alpha value is -1.46. The third kappa shape index (κ3) is 2.55. The van der Waals surface area contributed by atoms with Crippen molar-refractivity contribution in [2.75, 3.05) is 0 Å². The second-order valence-electron chi connectivity index (χ2n) is 4.25. The zero-order valence-electron chi connectivity index (χ0n) is 10.5. The van der Waals surface area contributed by atoms with E-state index in [4.69, 9.17) is 0 Å². The largest absolute Gasteiger partial charge is 0.278 e. The lowest BCUT2D eigenvalue weighted by Crippen LogP contribution is -2.01. The van der Waals surface area contributed by atoms with Gasteiger partial charge in [0.05, 0.1) is 5.33 Å². The van der Waals surface area contributed by atoms with Crippen molar-refractivity contribution in [3.8, 4) is 17.1 Å². The summed E-state index contributed by atoms with van der Waals surface area (Å²) in [5.74, 6) is 1.72. The molecular formula is C15H11Br2N3. The molecule has 3 rings (SSSR count). The summed E-state index contributed by atoms with van der Waals surface area (Å²) in [7, 11) is 0. The van der Waals surface area contributed by atoms with E-state index < -0.39 is 0 Å². The second kappa shape index (κ2) is 5.89. The lowest BCUT2D eigenvalue weighted by Gasteiger charge is -2.09. The maximum absolute atomic E-state index is 4.34. The fourth-order valence-electron chi connectivity index (χ4n) is 2.07. The lowest BCUT2D eigenvalue weighted by atomic mass is 10.2. The minimum atomic E-state index is 0.656. The van der Waals surface area contributed by atoms with E-state index in [0.717, 1.165) is 27.4 Å². The van der Waals surface area contributed by atoms with Crippen LogP contribution >= 0.6 is 31.9 Å².